The maximum absolute atomic E-state index is 13.1. The molecule has 0 bridgehead atoms. The first-order valence-corrected chi connectivity index (χ1v) is 6.39. The zero-order valence-electron chi connectivity index (χ0n) is 11.4. The standard InChI is InChI=1S/C15H16F2N2O/c1-3-11-6-10(9-18-2)7-15(19-11)20-12-4-5-13(16)14(17)8-12/h4-8,18H,3,9H2,1-2H3. The fraction of sp³-hybridized carbons (Fsp3) is 0.267. The summed E-state index contributed by atoms with van der Waals surface area (Å²) in [6.07, 6.45) is 0.770. The normalized spacial score (nSPS) is 10.6. The highest BCUT2D eigenvalue weighted by atomic mass is 19.2. The lowest BCUT2D eigenvalue weighted by atomic mass is 10.2. The molecule has 3 nitrogen and oxygen atoms in total. The number of hydrogen-bond acceptors (Lipinski definition) is 3. The van der Waals surface area contributed by atoms with Crippen LogP contribution in [-0.2, 0) is 13.0 Å². The molecule has 20 heavy (non-hydrogen) atoms. The van der Waals surface area contributed by atoms with Crippen LogP contribution in [-0.4, -0.2) is 12.0 Å². The lowest BCUT2D eigenvalue weighted by Crippen LogP contribution is -2.06. The van der Waals surface area contributed by atoms with Crippen LogP contribution in [0, 0.1) is 11.6 Å². The Morgan fingerprint density at radius 2 is 1.95 bits per heavy atom. The minimum Gasteiger partial charge on any atom is -0.439 e. The van der Waals surface area contributed by atoms with Gasteiger partial charge in [-0.15, -0.1) is 0 Å². The second-order valence-corrected chi connectivity index (χ2v) is 4.37. The van der Waals surface area contributed by atoms with Crippen molar-refractivity contribution in [3.8, 4) is 11.6 Å². The van der Waals surface area contributed by atoms with E-state index in [-0.39, 0.29) is 5.75 Å². The van der Waals surface area contributed by atoms with Crippen molar-refractivity contribution in [2.45, 2.75) is 19.9 Å². The fourth-order valence-corrected chi connectivity index (χ4v) is 1.82. The minimum atomic E-state index is -0.940. The molecule has 1 N–H and O–H groups in total. The van der Waals surface area contributed by atoms with E-state index in [4.69, 9.17) is 4.74 Å². The first-order valence-electron chi connectivity index (χ1n) is 6.39. The van der Waals surface area contributed by atoms with E-state index in [9.17, 15) is 8.78 Å². The van der Waals surface area contributed by atoms with E-state index in [0.29, 0.717) is 12.4 Å². The number of nitrogens with one attached hydrogen (secondary N) is 1. The second kappa shape index (κ2) is 6.43. The van der Waals surface area contributed by atoms with Gasteiger partial charge in [0, 0.05) is 24.4 Å². The Balaban J connectivity index is 2.27. The summed E-state index contributed by atoms with van der Waals surface area (Å²) in [5, 5.41) is 3.05. The van der Waals surface area contributed by atoms with Crippen molar-refractivity contribution in [1.82, 2.24) is 10.3 Å². The van der Waals surface area contributed by atoms with Gasteiger partial charge in [0.1, 0.15) is 5.75 Å². The molecule has 1 heterocycles. The lowest BCUT2D eigenvalue weighted by Gasteiger charge is -2.09. The van der Waals surface area contributed by atoms with E-state index in [1.54, 1.807) is 6.07 Å². The fourth-order valence-electron chi connectivity index (χ4n) is 1.82. The summed E-state index contributed by atoms with van der Waals surface area (Å²) in [5.74, 6) is -1.24. The summed E-state index contributed by atoms with van der Waals surface area (Å²) in [7, 11) is 1.85. The smallest absolute Gasteiger partial charge is 0.219 e. The van der Waals surface area contributed by atoms with Crippen molar-refractivity contribution < 1.29 is 13.5 Å². The van der Waals surface area contributed by atoms with Crippen LogP contribution in [0.1, 0.15) is 18.2 Å². The summed E-state index contributed by atoms with van der Waals surface area (Å²) >= 11 is 0. The van der Waals surface area contributed by atoms with E-state index in [0.717, 1.165) is 29.8 Å². The molecule has 0 fully saturated rings. The third-order valence-electron chi connectivity index (χ3n) is 2.77. The predicted octanol–water partition coefficient (Wildman–Crippen LogP) is 3.43. The molecule has 1 aromatic carbocycles. The molecule has 0 saturated heterocycles. The number of benzene rings is 1. The molecule has 0 aliphatic rings. The van der Waals surface area contributed by atoms with Gasteiger partial charge >= 0.3 is 0 Å². The summed E-state index contributed by atoms with van der Waals surface area (Å²) in [6, 6.07) is 7.16. The van der Waals surface area contributed by atoms with Crippen molar-refractivity contribution in [1.29, 1.82) is 0 Å². The summed E-state index contributed by atoms with van der Waals surface area (Å²) in [6.45, 7) is 2.68. The van der Waals surface area contributed by atoms with Crippen LogP contribution >= 0.6 is 0 Å². The van der Waals surface area contributed by atoms with Crippen LogP contribution in [0.5, 0.6) is 11.6 Å². The lowest BCUT2D eigenvalue weighted by molar-refractivity contribution is 0.445. The number of pyridine rings is 1. The molecular weight excluding hydrogens is 262 g/mol. The van der Waals surface area contributed by atoms with E-state index in [1.165, 1.54) is 6.07 Å². The van der Waals surface area contributed by atoms with Gasteiger partial charge in [0.25, 0.3) is 0 Å². The van der Waals surface area contributed by atoms with Gasteiger partial charge in [0.2, 0.25) is 5.88 Å². The molecule has 0 spiro atoms. The summed E-state index contributed by atoms with van der Waals surface area (Å²) < 4.78 is 31.5. The Labute approximate surface area is 116 Å². The van der Waals surface area contributed by atoms with Crippen molar-refractivity contribution in [2.75, 3.05) is 7.05 Å². The molecule has 1 aromatic heterocycles. The Morgan fingerprint density at radius 1 is 1.15 bits per heavy atom. The van der Waals surface area contributed by atoms with Gasteiger partial charge < -0.3 is 10.1 Å². The molecule has 106 valence electrons. The number of hydrogen-bond donors (Lipinski definition) is 1. The number of aromatic nitrogens is 1. The highest BCUT2D eigenvalue weighted by Gasteiger charge is 2.07. The van der Waals surface area contributed by atoms with E-state index in [2.05, 4.69) is 10.3 Å². The number of ether oxygens (including phenoxy) is 1. The third-order valence-corrected chi connectivity index (χ3v) is 2.77. The summed E-state index contributed by atoms with van der Waals surface area (Å²) in [5.41, 5.74) is 1.91. The van der Waals surface area contributed by atoms with E-state index < -0.39 is 11.6 Å². The van der Waals surface area contributed by atoms with Crippen LogP contribution in [0.2, 0.25) is 0 Å². The van der Waals surface area contributed by atoms with Crippen LogP contribution in [0.25, 0.3) is 0 Å². The molecule has 5 heteroatoms. The highest BCUT2D eigenvalue weighted by Crippen LogP contribution is 2.23. The Morgan fingerprint density at radius 3 is 2.60 bits per heavy atom. The Kier molecular flexibility index (Phi) is 4.63. The predicted molar refractivity (Wildman–Crippen MR) is 72.8 cm³/mol. The Bertz CT molecular complexity index is 602. The monoisotopic (exact) mass is 278 g/mol. The van der Waals surface area contributed by atoms with Crippen molar-refractivity contribution in [3.05, 3.63) is 53.2 Å². The molecule has 0 amide bonds. The van der Waals surface area contributed by atoms with Gasteiger partial charge in [-0.2, -0.15) is 0 Å². The largest absolute Gasteiger partial charge is 0.439 e. The van der Waals surface area contributed by atoms with Gasteiger partial charge in [-0.1, -0.05) is 6.92 Å². The maximum Gasteiger partial charge on any atom is 0.219 e. The van der Waals surface area contributed by atoms with Crippen molar-refractivity contribution in [2.24, 2.45) is 0 Å². The average molecular weight is 278 g/mol. The Hall–Kier alpha value is -2.01. The highest BCUT2D eigenvalue weighted by molar-refractivity contribution is 5.31. The zero-order valence-corrected chi connectivity index (χ0v) is 11.4. The molecule has 0 radical (unpaired) electrons. The van der Waals surface area contributed by atoms with Crippen LogP contribution in [0.3, 0.4) is 0 Å². The van der Waals surface area contributed by atoms with E-state index >= 15 is 0 Å². The van der Waals surface area contributed by atoms with Crippen LogP contribution < -0.4 is 10.1 Å². The molecule has 0 aliphatic carbocycles. The second-order valence-electron chi connectivity index (χ2n) is 4.37. The molecule has 0 saturated carbocycles. The molecular formula is C15H16F2N2O. The van der Waals surface area contributed by atoms with Gasteiger partial charge in [-0.05, 0) is 37.2 Å². The number of aryl methyl sites for hydroxylation is 1. The first kappa shape index (κ1) is 14.4. The van der Waals surface area contributed by atoms with Crippen molar-refractivity contribution >= 4 is 0 Å². The summed E-state index contributed by atoms with van der Waals surface area (Å²) in [4.78, 5) is 4.32. The molecule has 0 unspecified atom stereocenters. The van der Waals surface area contributed by atoms with Gasteiger partial charge in [-0.3, -0.25) is 0 Å². The maximum atomic E-state index is 13.1. The third kappa shape index (κ3) is 3.51. The molecule has 2 rings (SSSR count). The van der Waals surface area contributed by atoms with Crippen LogP contribution in [0.15, 0.2) is 30.3 Å². The van der Waals surface area contributed by atoms with Gasteiger partial charge in [0.05, 0.1) is 0 Å². The van der Waals surface area contributed by atoms with Gasteiger partial charge in [-0.25, -0.2) is 13.8 Å². The molecule has 2 aromatic rings. The van der Waals surface area contributed by atoms with E-state index in [1.807, 2.05) is 20.0 Å². The number of rotatable bonds is 5. The van der Waals surface area contributed by atoms with Crippen LogP contribution in [0.4, 0.5) is 8.78 Å². The zero-order chi connectivity index (χ0) is 14.5. The first-order chi connectivity index (χ1) is 9.62. The quantitative estimate of drug-likeness (QED) is 0.909. The topological polar surface area (TPSA) is 34.1 Å². The minimum absolute atomic E-state index is 0.222. The van der Waals surface area contributed by atoms with Crippen molar-refractivity contribution in [3.63, 3.8) is 0 Å². The van der Waals surface area contributed by atoms with Gasteiger partial charge in [0.15, 0.2) is 11.6 Å². The molecule has 0 aliphatic heterocycles. The average Bonchev–Trinajstić information content (AvgIpc) is 2.43. The molecule has 0 atom stereocenters. The number of nitrogens with zero attached hydrogens (tertiary/aromatic N) is 1. The SMILES string of the molecule is CCc1cc(CNC)cc(Oc2ccc(F)c(F)c2)n1. The number of halogens is 2.